The zero-order valence-corrected chi connectivity index (χ0v) is 9.83. The van der Waals surface area contributed by atoms with E-state index in [9.17, 15) is 9.59 Å². The Kier molecular flexibility index (Phi) is 5.74. The highest BCUT2D eigenvalue weighted by atomic mass is 16.2. The number of amides is 3. The van der Waals surface area contributed by atoms with Crippen molar-refractivity contribution < 1.29 is 9.59 Å². The molecule has 15 heavy (non-hydrogen) atoms. The fourth-order valence-electron chi connectivity index (χ4n) is 1.12. The van der Waals surface area contributed by atoms with Gasteiger partial charge in [0.25, 0.3) is 0 Å². The number of hydrogen-bond acceptors (Lipinski definition) is 2. The second-order valence-corrected chi connectivity index (χ2v) is 4.05. The quantitative estimate of drug-likeness (QED) is 0.627. The third-order valence-corrected chi connectivity index (χ3v) is 2.25. The second-order valence-electron chi connectivity index (χ2n) is 4.05. The fraction of sp³-hybridized carbons (Fsp3) is 0.800. The molecule has 0 aromatic rings. The van der Waals surface area contributed by atoms with Crippen molar-refractivity contribution in [3.8, 4) is 0 Å². The minimum Gasteiger partial charge on any atom is -0.352 e. The van der Waals surface area contributed by atoms with E-state index in [-0.39, 0.29) is 17.9 Å². The van der Waals surface area contributed by atoms with Crippen LogP contribution in [0, 0.1) is 5.92 Å². The van der Waals surface area contributed by atoms with Crippen LogP contribution in [0.5, 0.6) is 0 Å². The fourth-order valence-corrected chi connectivity index (χ4v) is 1.12. The van der Waals surface area contributed by atoms with E-state index in [1.165, 1.54) is 0 Å². The Balaban J connectivity index is 4.35. The summed E-state index contributed by atoms with van der Waals surface area (Å²) in [4.78, 5) is 22.4. The van der Waals surface area contributed by atoms with Crippen molar-refractivity contribution >= 4 is 11.9 Å². The molecule has 88 valence electrons. The molecule has 2 atom stereocenters. The highest BCUT2D eigenvalue weighted by molar-refractivity contribution is 5.86. The van der Waals surface area contributed by atoms with Gasteiger partial charge < -0.3 is 16.4 Å². The van der Waals surface area contributed by atoms with Crippen LogP contribution in [-0.4, -0.2) is 24.0 Å². The van der Waals surface area contributed by atoms with Crippen LogP contribution in [-0.2, 0) is 4.79 Å². The van der Waals surface area contributed by atoms with Crippen molar-refractivity contribution in [1.29, 1.82) is 0 Å². The number of carbonyl (C=O) groups is 2. The summed E-state index contributed by atoms with van der Waals surface area (Å²) < 4.78 is 0. The van der Waals surface area contributed by atoms with Gasteiger partial charge in [-0.1, -0.05) is 20.8 Å². The molecule has 0 fully saturated rings. The first-order chi connectivity index (χ1) is 6.88. The first-order valence-electron chi connectivity index (χ1n) is 5.24. The standard InChI is InChI=1S/C10H21N3O2/c1-5-7(4)12-9(14)8(6(2)3)13-10(11)15/h6-8H,5H2,1-4H3,(H,12,14)(H3,11,13,15)/t7-,8+/m1/s1. The minimum absolute atomic E-state index is 0.0153. The van der Waals surface area contributed by atoms with Gasteiger partial charge in [0, 0.05) is 6.04 Å². The molecule has 0 aromatic carbocycles. The van der Waals surface area contributed by atoms with Crippen molar-refractivity contribution in [2.45, 2.75) is 46.2 Å². The Hall–Kier alpha value is -1.26. The van der Waals surface area contributed by atoms with E-state index < -0.39 is 12.1 Å². The van der Waals surface area contributed by atoms with Gasteiger partial charge in [-0.25, -0.2) is 4.79 Å². The first-order valence-corrected chi connectivity index (χ1v) is 5.24. The number of urea groups is 1. The Bertz CT molecular complexity index is 229. The lowest BCUT2D eigenvalue weighted by Crippen LogP contribution is -2.52. The molecule has 0 aliphatic heterocycles. The third kappa shape index (κ3) is 5.24. The van der Waals surface area contributed by atoms with Gasteiger partial charge in [0.05, 0.1) is 0 Å². The van der Waals surface area contributed by atoms with Crippen LogP contribution < -0.4 is 16.4 Å². The van der Waals surface area contributed by atoms with Crippen LogP contribution >= 0.6 is 0 Å². The predicted octanol–water partition coefficient (Wildman–Crippen LogP) is 0.594. The van der Waals surface area contributed by atoms with E-state index in [0.717, 1.165) is 6.42 Å². The lowest BCUT2D eigenvalue weighted by molar-refractivity contribution is -0.124. The number of nitrogens with one attached hydrogen (secondary N) is 2. The smallest absolute Gasteiger partial charge is 0.312 e. The summed E-state index contributed by atoms with van der Waals surface area (Å²) in [7, 11) is 0. The van der Waals surface area contributed by atoms with Gasteiger partial charge in [0.2, 0.25) is 5.91 Å². The molecule has 0 aliphatic carbocycles. The van der Waals surface area contributed by atoms with Crippen LogP contribution in [0.3, 0.4) is 0 Å². The summed E-state index contributed by atoms with van der Waals surface area (Å²) >= 11 is 0. The van der Waals surface area contributed by atoms with Crippen molar-refractivity contribution in [2.75, 3.05) is 0 Å². The molecule has 4 N–H and O–H groups in total. The molecular weight excluding hydrogens is 194 g/mol. The summed E-state index contributed by atoms with van der Waals surface area (Å²) in [5, 5.41) is 5.24. The molecule has 5 nitrogen and oxygen atoms in total. The zero-order valence-electron chi connectivity index (χ0n) is 9.83. The average molecular weight is 215 g/mol. The Morgan fingerprint density at radius 3 is 2.07 bits per heavy atom. The van der Waals surface area contributed by atoms with E-state index in [1.807, 2.05) is 27.7 Å². The molecule has 5 heteroatoms. The molecule has 3 amide bonds. The Labute approximate surface area is 90.8 Å². The van der Waals surface area contributed by atoms with E-state index >= 15 is 0 Å². The highest BCUT2D eigenvalue weighted by Crippen LogP contribution is 2.02. The van der Waals surface area contributed by atoms with Gasteiger partial charge >= 0.3 is 6.03 Å². The van der Waals surface area contributed by atoms with Gasteiger partial charge in [-0.15, -0.1) is 0 Å². The summed E-state index contributed by atoms with van der Waals surface area (Å²) in [6, 6.07) is -1.13. The van der Waals surface area contributed by atoms with E-state index in [4.69, 9.17) is 5.73 Å². The molecule has 0 bridgehead atoms. The molecule has 0 heterocycles. The summed E-state index contributed by atoms with van der Waals surface area (Å²) in [5.41, 5.74) is 5.00. The van der Waals surface area contributed by atoms with Gasteiger partial charge in [-0.3, -0.25) is 4.79 Å². The average Bonchev–Trinajstić information content (AvgIpc) is 2.12. The molecule has 0 unspecified atom stereocenters. The number of hydrogen-bond donors (Lipinski definition) is 3. The van der Waals surface area contributed by atoms with Gasteiger partial charge in [-0.05, 0) is 19.3 Å². The van der Waals surface area contributed by atoms with Crippen molar-refractivity contribution in [2.24, 2.45) is 11.7 Å². The highest BCUT2D eigenvalue weighted by Gasteiger charge is 2.23. The maximum Gasteiger partial charge on any atom is 0.312 e. The third-order valence-electron chi connectivity index (χ3n) is 2.25. The van der Waals surface area contributed by atoms with Crippen molar-refractivity contribution in [1.82, 2.24) is 10.6 Å². The van der Waals surface area contributed by atoms with Gasteiger partial charge in [-0.2, -0.15) is 0 Å². The molecule has 0 aliphatic rings. The summed E-state index contributed by atoms with van der Waals surface area (Å²) in [6.45, 7) is 7.62. The van der Waals surface area contributed by atoms with Crippen LogP contribution in [0.15, 0.2) is 0 Å². The van der Waals surface area contributed by atoms with E-state index in [0.29, 0.717) is 0 Å². The van der Waals surface area contributed by atoms with Crippen LogP contribution in [0.2, 0.25) is 0 Å². The molecule has 0 saturated heterocycles. The van der Waals surface area contributed by atoms with Crippen LogP contribution in [0.4, 0.5) is 4.79 Å². The maximum absolute atomic E-state index is 11.7. The summed E-state index contributed by atoms with van der Waals surface area (Å²) in [5.74, 6) is -0.167. The maximum atomic E-state index is 11.7. The largest absolute Gasteiger partial charge is 0.352 e. The number of carbonyl (C=O) groups excluding carboxylic acids is 2. The minimum atomic E-state index is -0.673. The number of nitrogens with two attached hydrogens (primary N) is 1. The second kappa shape index (κ2) is 6.27. The van der Waals surface area contributed by atoms with E-state index in [1.54, 1.807) is 0 Å². The molecule has 0 rings (SSSR count). The topological polar surface area (TPSA) is 84.2 Å². The molecule has 0 spiro atoms. The first kappa shape index (κ1) is 13.7. The Morgan fingerprint density at radius 2 is 1.73 bits per heavy atom. The number of primary amides is 1. The number of rotatable bonds is 5. The monoisotopic (exact) mass is 215 g/mol. The summed E-state index contributed by atoms with van der Waals surface area (Å²) in [6.07, 6.45) is 0.854. The Morgan fingerprint density at radius 1 is 1.20 bits per heavy atom. The van der Waals surface area contributed by atoms with Gasteiger partial charge in [0.15, 0.2) is 0 Å². The lowest BCUT2D eigenvalue weighted by Gasteiger charge is -2.22. The van der Waals surface area contributed by atoms with E-state index in [2.05, 4.69) is 10.6 Å². The van der Waals surface area contributed by atoms with Crippen LogP contribution in [0.25, 0.3) is 0 Å². The zero-order chi connectivity index (χ0) is 12.0. The normalized spacial score (nSPS) is 14.5. The molecular formula is C10H21N3O2. The van der Waals surface area contributed by atoms with Gasteiger partial charge in [0.1, 0.15) is 6.04 Å². The molecule has 0 radical (unpaired) electrons. The molecule has 0 aromatic heterocycles. The van der Waals surface area contributed by atoms with Crippen molar-refractivity contribution in [3.63, 3.8) is 0 Å². The molecule has 0 saturated carbocycles. The lowest BCUT2D eigenvalue weighted by atomic mass is 10.0. The predicted molar refractivity (Wildman–Crippen MR) is 59.2 cm³/mol. The van der Waals surface area contributed by atoms with Crippen molar-refractivity contribution in [3.05, 3.63) is 0 Å². The van der Waals surface area contributed by atoms with Crippen LogP contribution in [0.1, 0.15) is 34.1 Å². The SMILES string of the molecule is CC[C@@H](C)NC(=O)[C@@H](NC(N)=O)C(C)C.